The Morgan fingerprint density at radius 3 is 3.00 bits per heavy atom. The van der Waals surface area contributed by atoms with Crippen LogP contribution in [0.1, 0.15) is 43.5 Å². The van der Waals surface area contributed by atoms with Crippen LogP contribution < -0.4 is 10.6 Å². The van der Waals surface area contributed by atoms with Gasteiger partial charge in [-0.15, -0.1) is 0 Å². The van der Waals surface area contributed by atoms with Crippen LogP contribution in [0.5, 0.6) is 0 Å². The van der Waals surface area contributed by atoms with E-state index < -0.39 is 5.82 Å². The highest BCUT2D eigenvalue weighted by atomic mass is 32.2. The van der Waals surface area contributed by atoms with Gasteiger partial charge in [0.2, 0.25) is 0 Å². The van der Waals surface area contributed by atoms with Crippen molar-refractivity contribution in [1.29, 1.82) is 0 Å². The quantitative estimate of drug-likeness (QED) is 0.848. The molecule has 1 aromatic rings. The van der Waals surface area contributed by atoms with E-state index in [0.717, 1.165) is 25.0 Å². The zero-order chi connectivity index (χ0) is 15.2. The molecule has 4 nitrogen and oxygen atoms in total. The number of anilines is 1. The summed E-state index contributed by atoms with van der Waals surface area (Å²) in [5, 5.41) is 6.25. The van der Waals surface area contributed by atoms with E-state index in [1.807, 2.05) is 18.7 Å². The first-order chi connectivity index (χ1) is 10.2. The number of aromatic nitrogens is 1. The van der Waals surface area contributed by atoms with Crippen LogP contribution in [-0.2, 0) is 0 Å². The van der Waals surface area contributed by atoms with Crippen LogP contribution in [-0.4, -0.2) is 34.5 Å². The highest BCUT2D eigenvalue weighted by Crippen LogP contribution is 2.30. The highest BCUT2D eigenvalue weighted by Gasteiger charge is 2.29. The number of hydrogen-bond acceptors (Lipinski definition) is 4. The maximum Gasteiger partial charge on any atom is 0.254 e. The zero-order valence-corrected chi connectivity index (χ0v) is 13.3. The van der Waals surface area contributed by atoms with Gasteiger partial charge in [0.25, 0.3) is 5.91 Å². The monoisotopic (exact) mass is 311 g/mol. The Hall–Kier alpha value is -1.30. The van der Waals surface area contributed by atoms with Gasteiger partial charge in [-0.05, 0) is 31.6 Å². The highest BCUT2D eigenvalue weighted by molar-refractivity contribution is 7.99. The van der Waals surface area contributed by atoms with Crippen LogP contribution in [0.2, 0.25) is 0 Å². The third-order valence-corrected chi connectivity index (χ3v) is 4.95. The number of rotatable bonds is 6. The molecule has 1 aliphatic rings. The van der Waals surface area contributed by atoms with Gasteiger partial charge >= 0.3 is 0 Å². The van der Waals surface area contributed by atoms with Crippen molar-refractivity contribution in [3.05, 3.63) is 23.6 Å². The lowest BCUT2D eigenvalue weighted by Crippen LogP contribution is -2.39. The lowest BCUT2D eigenvalue weighted by molar-refractivity contribution is 0.0934. The molecule has 0 saturated heterocycles. The second-order valence-corrected chi connectivity index (χ2v) is 6.57. The molecule has 0 aromatic carbocycles. The number of hydrogen-bond donors (Lipinski definition) is 2. The topological polar surface area (TPSA) is 54.0 Å². The summed E-state index contributed by atoms with van der Waals surface area (Å²) in [6, 6.07) is 1.57. The van der Waals surface area contributed by atoms with Gasteiger partial charge in [-0.1, -0.05) is 13.3 Å². The molecule has 6 heteroatoms. The van der Waals surface area contributed by atoms with Gasteiger partial charge in [0.1, 0.15) is 0 Å². The second kappa shape index (κ2) is 7.64. The van der Waals surface area contributed by atoms with E-state index in [4.69, 9.17) is 0 Å². The molecule has 116 valence electrons. The molecule has 1 fully saturated rings. The number of carbonyl (C=O) groups is 1. The number of nitrogens with zero attached hydrogens (tertiary/aromatic N) is 1. The van der Waals surface area contributed by atoms with E-state index in [-0.39, 0.29) is 23.3 Å². The van der Waals surface area contributed by atoms with Crippen molar-refractivity contribution in [1.82, 2.24) is 10.3 Å². The Balaban J connectivity index is 2.08. The summed E-state index contributed by atoms with van der Waals surface area (Å²) in [6.07, 6.45) is 4.66. The molecule has 2 unspecified atom stereocenters. The third kappa shape index (κ3) is 3.87. The SMILES string of the molecule is CCNc1nccc(C(=O)NC2CCCC2SCC)c1F. The van der Waals surface area contributed by atoms with E-state index in [1.54, 1.807) is 0 Å². The van der Waals surface area contributed by atoms with Crippen molar-refractivity contribution in [2.45, 2.75) is 44.4 Å². The van der Waals surface area contributed by atoms with Crippen LogP contribution in [0.3, 0.4) is 0 Å². The van der Waals surface area contributed by atoms with Gasteiger partial charge in [0, 0.05) is 24.0 Å². The Labute approximate surface area is 129 Å². The molecule has 2 rings (SSSR count). The van der Waals surface area contributed by atoms with Crippen LogP contribution in [0, 0.1) is 5.82 Å². The molecule has 1 aromatic heterocycles. The molecule has 1 aliphatic carbocycles. The number of pyridine rings is 1. The number of amides is 1. The first-order valence-electron chi connectivity index (χ1n) is 7.48. The molecule has 1 saturated carbocycles. The van der Waals surface area contributed by atoms with Gasteiger partial charge in [0.05, 0.1) is 5.56 Å². The Kier molecular flexibility index (Phi) is 5.85. The third-order valence-electron chi connectivity index (χ3n) is 3.63. The molecule has 2 atom stereocenters. The predicted octanol–water partition coefficient (Wildman–Crippen LogP) is 3.06. The summed E-state index contributed by atoms with van der Waals surface area (Å²) in [7, 11) is 0. The molecule has 0 bridgehead atoms. The molecule has 1 amide bonds. The average molecular weight is 311 g/mol. The molecule has 1 heterocycles. The van der Waals surface area contributed by atoms with Crippen LogP contribution >= 0.6 is 11.8 Å². The fraction of sp³-hybridized carbons (Fsp3) is 0.600. The predicted molar refractivity (Wildman–Crippen MR) is 85.4 cm³/mol. The smallest absolute Gasteiger partial charge is 0.254 e. The van der Waals surface area contributed by atoms with Crippen LogP contribution in [0.4, 0.5) is 10.2 Å². The lowest BCUT2D eigenvalue weighted by Gasteiger charge is -2.20. The van der Waals surface area contributed by atoms with Gasteiger partial charge < -0.3 is 10.6 Å². The van der Waals surface area contributed by atoms with Crippen molar-refractivity contribution in [3.8, 4) is 0 Å². The van der Waals surface area contributed by atoms with Gasteiger partial charge in [0.15, 0.2) is 11.6 Å². The molecule has 21 heavy (non-hydrogen) atoms. The maximum atomic E-state index is 14.2. The van der Waals surface area contributed by atoms with E-state index in [0.29, 0.717) is 11.8 Å². The standard InChI is InChI=1S/C15H22FN3OS/c1-3-17-14-13(16)10(8-9-18-14)15(20)19-11-6-5-7-12(11)21-4-2/h8-9,11-12H,3-7H2,1-2H3,(H,17,18)(H,19,20). The Morgan fingerprint density at radius 2 is 2.29 bits per heavy atom. The van der Waals surface area contributed by atoms with Crippen LogP contribution in [0.25, 0.3) is 0 Å². The summed E-state index contributed by atoms with van der Waals surface area (Å²) in [5.41, 5.74) is 0.0631. The number of halogens is 1. The summed E-state index contributed by atoms with van der Waals surface area (Å²) in [6.45, 7) is 4.54. The summed E-state index contributed by atoms with van der Waals surface area (Å²) >= 11 is 1.87. The Bertz CT molecular complexity index is 498. The van der Waals surface area contributed by atoms with Gasteiger partial charge in [-0.2, -0.15) is 11.8 Å². The first kappa shape index (κ1) is 16.1. The number of nitrogens with one attached hydrogen (secondary N) is 2. The average Bonchev–Trinajstić information content (AvgIpc) is 2.89. The molecular formula is C15H22FN3OS. The lowest BCUT2D eigenvalue weighted by atomic mass is 10.2. The normalized spacial score (nSPS) is 21.3. The minimum absolute atomic E-state index is 0.0631. The molecule has 0 spiro atoms. The number of carbonyl (C=O) groups excluding carboxylic acids is 1. The summed E-state index contributed by atoms with van der Waals surface area (Å²) in [5.74, 6) is 0.249. The Morgan fingerprint density at radius 1 is 1.48 bits per heavy atom. The van der Waals surface area contributed by atoms with E-state index >= 15 is 0 Å². The van der Waals surface area contributed by atoms with Crippen molar-refractivity contribution < 1.29 is 9.18 Å². The number of thioether (sulfide) groups is 1. The van der Waals surface area contributed by atoms with Gasteiger partial charge in [-0.25, -0.2) is 9.37 Å². The van der Waals surface area contributed by atoms with Crippen molar-refractivity contribution >= 4 is 23.5 Å². The molecular weight excluding hydrogens is 289 g/mol. The fourth-order valence-corrected chi connectivity index (χ4v) is 3.86. The summed E-state index contributed by atoms with van der Waals surface area (Å²) in [4.78, 5) is 16.2. The molecule has 2 N–H and O–H groups in total. The van der Waals surface area contributed by atoms with E-state index in [1.165, 1.54) is 12.3 Å². The zero-order valence-electron chi connectivity index (χ0n) is 12.5. The summed E-state index contributed by atoms with van der Waals surface area (Å²) < 4.78 is 14.2. The van der Waals surface area contributed by atoms with Crippen LogP contribution in [0.15, 0.2) is 12.3 Å². The first-order valence-corrected chi connectivity index (χ1v) is 8.53. The van der Waals surface area contributed by atoms with Crippen molar-refractivity contribution in [2.75, 3.05) is 17.6 Å². The largest absolute Gasteiger partial charge is 0.368 e. The second-order valence-electron chi connectivity index (χ2n) is 5.06. The van der Waals surface area contributed by atoms with Gasteiger partial charge in [-0.3, -0.25) is 4.79 Å². The van der Waals surface area contributed by atoms with Crippen molar-refractivity contribution in [3.63, 3.8) is 0 Å². The molecule has 0 radical (unpaired) electrons. The minimum Gasteiger partial charge on any atom is -0.368 e. The van der Waals surface area contributed by atoms with Crippen molar-refractivity contribution in [2.24, 2.45) is 0 Å². The van der Waals surface area contributed by atoms with E-state index in [2.05, 4.69) is 22.5 Å². The van der Waals surface area contributed by atoms with E-state index in [9.17, 15) is 9.18 Å². The molecule has 0 aliphatic heterocycles. The fourth-order valence-electron chi connectivity index (χ4n) is 2.66. The minimum atomic E-state index is -0.574. The maximum absolute atomic E-state index is 14.2.